The van der Waals surface area contributed by atoms with E-state index in [1.807, 2.05) is 19.1 Å². The molecule has 0 aliphatic heterocycles. The van der Waals surface area contributed by atoms with Crippen molar-refractivity contribution in [2.24, 2.45) is 5.92 Å². The summed E-state index contributed by atoms with van der Waals surface area (Å²) in [6.45, 7) is 2.81. The zero-order valence-corrected chi connectivity index (χ0v) is 13.2. The molecule has 1 saturated carbocycles. The van der Waals surface area contributed by atoms with Crippen LogP contribution >= 0.6 is 0 Å². The minimum atomic E-state index is -0.339. The number of hydrogen-bond acceptors (Lipinski definition) is 3. The lowest BCUT2D eigenvalue weighted by Crippen LogP contribution is -2.50. The number of alkyl carbamates (subject to hydrolysis) is 1. The molecule has 2 aliphatic carbocycles. The van der Waals surface area contributed by atoms with Crippen LogP contribution in [0.15, 0.2) is 18.2 Å². The number of carbonyl (C=O) groups is 1. The Morgan fingerprint density at radius 3 is 3.09 bits per heavy atom. The molecule has 22 heavy (non-hydrogen) atoms. The maximum atomic E-state index is 11.8. The Hall–Kier alpha value is -1.71. The molecule has 1 amide bonds. The normalized spacial score (nSPS) is 26.7. The number of amides is 1. The van der Waals surface area contributed by atoms with Gasteiger partial charge in [0, 0.05) is 12.0 Å². The maximum Gasteiger partial charge on any atom is 0.407 e. The van der Waals surface area contributed by atoms with Crippen molar-refractivity contribution >= 4 is 6.09 Å². The third-order valence-electron chi connectivity index (χ3n) is 5.42. The standard InChI is InChI=1S/C18H25NO3/c1-2-22-17(21)19-12-18-10-4-3-5-14(18)8-6-13-7-9-15(20)11-16(13)18/h7,9,11,14,20H,2-6,8,10,12H2,1H3,(H,19,21)/t14?,18-/m0/s1. The first kappa shape index (κ1) is 15.2. The summed E-state index contributed by atoms with van der Waals surface area (Å²) in [7, 11) is 0. The van der Waals surface area contributed by atoms with Crippen LogP contribution in [0.1, 0.15) is 50.2 Å². The van der Waals surface area contributed by atoms with Crippen LogP contribution in [0, 0.1) is 5.92 Å². The molecule has 1 aromatic carbocycles. The molecule has 4 heteroatoms. The number of ether oxygens (including phenoxy) is 1. The van der Waals surface area contributed by atoms with Crippen LogP contribution in [0.5, 0.6) is 5.75 Å². The Labute approximate surface area is 131 Å². The number of phenolic OH excluding ortho intramolecular Hbond substituents is 1. The van der Waals surface area contributed by atoms with Gasteiger partial charge in [-0.2, -0.15) is 0 Å². The average molecular weight is 303 g/mol. The van der Waals surface area contributed by atoms with Crippen LogP contribution in [-0.4, -0.2) is 24.4 Å². The van der Waals surface area contributed by atoms with Crippen molar-refractivity contribution in [2.75, 3.05) is 13.2 Å². The van der Waals surface area contributed by atoms with E-state index in [1.165, 1.54) is 36.8 Å². The minimum Gasteiger partial charge on any atom is -0.508 e. The molecule has 3 rings (SSSR count). The summed E-state index contributed by atoms with van der Waals surface area (Å²) in [5, 5.41) is 12.9. The van der Waals surface area contributed by atoms with Crippen molar-refractivity contribution in [1.29, 1.82) is 0 Å². The fraction of sp³-hybridized carbons (Fsp3) is 0.611. The molecule has 2 atom stereocenters. The second-order valence-corrected chi connectivity index (χ2v) is 6.55. The highest BCUT2D eigenvalue weighted by atomic mass is 16.5. The summed E-state index contributed by atoms with van der Waals surface area (Å²) in [6.07, 6.45) is 6.62. The highest BCUT2D eigenvalue weighted by molar-refractivity contribution is 5.67. The summed E-state index contributed by atoms with van der Waals surface area (Å²) in [5.41, 5.74) is 2.51. The first-order chi connectivity index (χ1) is 10.7. The molecule has 2 N–H and O–H groups in total. The van der Waals surface area contributed by atoms with Gasteiger partial charge in [0.05, 0.1) is 6.61 Å². The van der Waals surface area contributed by atoms with E-state index >= 15 is 0 Å². The van der Waals surface area contributed by atoms with Crippen LogP contribution in [0.25, 0.3) is 0 Å². The molecule has 4 nitrogen and oxygen atoms in total. The Bertz CT molecular complexity index is 557. The number of carbonyl (C=O) groups excluding carboxylic acids is 1. The van der Waals surface area contributed by atoms with E-state index < -0.39 is 0 Å². The molecule has 120 valence electrons. The predicted octanol–water partition coefficient (Wildman–Crippen LogP) is 3.51. The topological polar surface area (TPSA) is 58.6 Å². The fourth-order valence-electron chi connectivity index (χ4n) is 4.40. The summed E-state index contributed by atoms with van der Waals surface area (Å²) >= 11 is 0. The van der Waals surface area contributed by atoms with Crippen LogP contribution in [0.4, 0.5) is 4.79 Å². The van der Waals surface area contributed by atoms with E-state index in [9.17, 15) is 9.90 Å². The number of benzene rings is 1. The largest absolute Gasteiger partial charge is 0.508 e. The van der Waals surface area contributed by atoms with E-state index in [-0.39, 0.29) is 11.5 Å². The minimum absolute atomic E-state index is 0.0443. The molecule has 1 unspecified atom stereocenters. The first-order valence-electron chi connectivity index (χ1n) is 8.39. The lowest BCUT2D eigenvalue weighted by molar-refractivity contribution is 0.128. The number of aromatic hydroxyl groups is 1. The molecule has 0 bridgehead atoms. The second-order valence-electron chi connectivity index (χ2n) is 6.55. The van der Waals surface area contributed by atoms with Crippen molar-refractivity contribution in [1.82, 2.24) is 5.32 Å². The monoisotopic (exact) mass is 303 g/mol. The average Bonchev–Trinajstić information content (AvgIpc) is 2.53. The zero-order chi connectivity index (χ0) is 15.6. The highest BCUT2D eigenvalue weighted by Crippen LogP contribution is 2.50. The van der Waals surface area contributed by atoms with Crippen molar-refractivity contribution in [3.8, 4) is 5.75 Å². The number of nitrogens with one attached hydrogen (secondary N) is 1. The molecule has 1 aromatic rings. The van der Waals surface area contributed by atoms with Gasteiger partial charge in [0.15, 0.2) is 0 Å². The molecular weight excluding hydrogens is 278 g/mol. The van der Waals surface area contributed by atoms with Gasteiger partial charge in [-0.1, -0.05) is 18.9 Å². The third-order valence-corrected chi connectivity index (χ3v) is 5.42. The first-order valence-corrected chi connectivity index (χ1v) is 8.39. The Kier molecular flexibility index (Phi) is 4.27. The van der Waals surface area contributed by atoms with Gasteiger partial charge in [-0.15, -0.1) is 0 Å². The number of rotatable bonds is 3. The molecule has 0 saturated heterocycles. The van der Waals surface area contributed by atoms with Crippen LogP contribution in [0.2, 0.25) is 0 Å². The van der Waals surface area contributed by atoms with Crippen LogP contribution in [0.3, 0.4) is 0 Å². The lowest BCUT2D eigenvalue weighted by Gasteiger charge is -2.48. The maximum absolute atomic E-state index is 11.8. The lowest BCUT2D eigenvalue weighted by atomic mass is 9.57. The van der Waals surface area contributed by atoms with Gasteiger partial charge in [-0.3, -0.25) is 0 Å². The van der Waals surface area contributed by atoms with E-state index in [0.29, 0.717) is 24.8 Å². The molecule has 0 spiro atoms. The molecule has 0 aromatic heterocycles. The Balaban J connectivity index is 1.92. The van der Waals surface area contributed by atoms with Crippen molar-refractivity contribution in [2.45, 2.75) is 50.9 Å². The summed E-state index contributed by atoms with van der Waals surface area (Å²) < 4.78 is 5.02. The number of aryl methyl sites for hydroxylation is 1. The number of phenols is 1. The van der Waals surface area contributed by atoms with Crippen LogP contribution < -0.4 is 5.32 Å². The van der Waals surface area contributed by atoms with Gasteiger partial charge >= 0.3 is 6.09 Å². The molecular formula is C18H25NO3. The Morgan fingerprint density at radius 1 is 1.41 bits per heavy atom. The van der Waals surface area contributed by atoms with Gasteiger partial charge < -0.3 is 15.2 Å². The number of hydrogen-bond donors (Lipinski definition) is 2. The van der Waals surface area contributed by atoms with Gasteiger partial charge in [-0.05, 0) is 61.8 Å². The number of fused-ring (bicyclic) bond motifs is 3. The molecule has 0 radical (unpaired) electrons. The molecule has 2 aliphatic rings. The van der Waals surface area contributed by atoms with Crippen LogP contribution in [-0.2, 0) is 16.6 Å². The quantitative estimate of drug-likeness (QED) is 0.898. The fourth-order valence-corrected chi connectivity index (χ4v) is 4.40. The summed E-state index contributed by atoms with van der Waals surface area (Å²) in [6, 6.07) is 5.73. The van der Waals surface area contributed by atoms with Gasteiger partial charge in [0.2, 0.25) is 0 Å². The van der Waals surface area contributed by atoms with E-state index in [1.54, 1.807) is 6.07 Å². The highest BCUT2D eigenvalue weighted by Gasteiger charge is 2.45. The predicted molar refractivity (Wildman–Crippen MR) is 85.1 cm³/mol. The third kappa shape index (κ3) is 2.67. The molecule has 0 heterocycles. The summed E-state index contributed by atoms with van der Waals surface area (Å²) in [5.74, 6) is 0.901. The SMILES string of the molecule is CCOC(=O)NC[C@@]12CCCCC1CCc1ccc(O)cc12. The van der Waals surface area contributed by atoms with Gasteiger partial charge in [0.1, 0.15) is 5.75 Å². The second kappa shape index (κ2) is 6.19. The van der Waals surface area contributed by atoms with Crippen molar-refractivity contribution < 1.29 is 14.6 Å². The smallest absolute Gasteiger partial charge is 0.407 e. The zero-order valence-electron chi connectivity index (χ0n) is 13.2. The van der Waals surface area contributed by atoms with E-state index in [0.717, 1.165) is 12.8 Å². The van der Waals surface area contributed by atoms with E-state index in [2.05, 4.69) is 5.32 Å². The van der Waals surface area contributed by atoms with Gasteiger partial charge in [0.25, 0.3) is 0 Å². The Morgan fingerprint density at radius 2 is 2.27 bits per heavy atom. The van der Waals surface area contributed by atoms with E-state index in [4.69, 9.17) is 4.74 Å². The van der Waals surface area contributed by atoms with Crippen molar-refractivity contribution in [3.63, 3.8) is 0 Å². The van der Waals surface area contributed by atoms with Crippen molar-refractivity contribution in [3.05, 3.63) is 29.3 Å². The van der Waals surface area contributed by atoms with Gasteiger partial charge in [-0.25, -0.2) is 4.79 Å². The summed E-state index contributed by atoms with van der Waals surface area (Å²) in [4.78, 5) is 11.8. The molecule has 1 fully saturated rings.